The van der Waals surface area contributed by atoms with E-state index in [-0.39, 0.29) is 18.1 Å². The second kappa shape index (κ2) is 5.10. The average Bonchev–Trinajstić information content (AvgIpc) is 2.99. The molecule has 0 radical (unpaired) electrons. The molecule has 2 aliphatic rings. The van der Waals surface area contributed by atoms with Crippen molar-refractivity contribution in [2.24, 2.45) is 5.92 Å². The van der Waals surface area contributed by atoms with Gasteiger partial charge < -0.3 is 14.6 Å². The highest BCUT2D eigenvalue weighted by atomic mass is 16.5. The average molecular weight is 263 g/mol. The maximum atomic E-state index is 10.5. The molecule has 2 bridgehead atoms. The Labute approximate surface area is 113 Å². The third-order valence-electron chi connectivity index (χ3n) is 4.01. The highest BCUT2D eigenvalue weighted by Gasteiger charge is 2.44. The number of hydrogen-bond acceptors (Lipinski definition) is 4. The Hall–Kier alpha value is -1.13. The van der Waals surface area contributed by atoms with Crippen molar-refractivity contribution in [2.75, 3.05) is 0 Å². The van der Waals surface area contributed by atoms with Crippen molar-refractivity contribution in [2.45, 2.75) is 57.5 Å². The number of aliphatic hydroxyl groups is 1. The first-order valence-electron chi connectivity index (χ1n) is 7.08. The van der Waals surface area contributed by atoms with Crippen LogP contribution in [0, 0.1) is 5.92 Å². The van der Waals surface area contributed by atoms with Crippen LogP contribution in [0.4, 0.5) is 0 Å². The molecular weight excluding hydrogens is 242 g/mol. The quantitative estimate of drug-likeness (QED) is 0.906. The number of hydrogen-bond donors (Lipinski definition) is 1. The Morgan fingerprint density at radius 1 is 1.37 bits per heavy atom. The predicted molar refractivity (Wildman–Crippen MR) is 71.0 cm³/mol. The largest absolute Gasteiger partial charge is 0.489 e. The third kappa shape index (κ3) is 2.60. The van der Waals surface area contributed by atoms with E-state index in [0.29, 0.717) is 6.10 Å². The van der Waals surface area contributed by atoms with Crippen LogP contribution in [0.5, 0.6) is 5.75 Å². The summed E-state index contributed by atoms with van der Waals surface area (Å²) in [6, 6.07) is 1.89. The van der Waals surface area contributed by atoms with Crippen molar-refractivity contribution in [3.8, 4) is 5.75 Å². The standard InChI is InChI=1S/C15H21NO3/c1-9(2)18-12-5-10(7-16-8-12)15(17)13-6-11-3-4-14(13)19-11/h5,7-9,11,13-15,17H,3-4,6H2,1-2H3. The van der Waals surface area contributed by atoms with Gasteiger partial charge in [0.15, 0.2) is 0 Å². The number of ether oxygens (including phenoxy) is 2. The summed E-state index contributed by atoms with van der Waals surface area (Å²) in [6.07, 6.45) is 6.77. The van der Waals surface area contributed by atoms with E-state index >= 15 is 0 Å². The second-order valence-electron chi connectivity index (χ2n) is 5.84. The number of aromatic nitrogens is 1. The van der Waals surface area contributed by atoms with Gasteiger partial charge in [-0.2, -0.15) is 0 Å². The molecule has 0 saturated carbocycles. The molecule has 0 aliphatic carbocycles. The van der Waals surface area contributed by atoms with E-state index in [4.69, 9.17) is 9.47 Å². The zero-order valence-corrected chi connectivity index (χ0v) is 11.5. The molecule has 4 heteroatoms. The summed E-state index contributed by atoms with van der Waals surface area (Å²) in [5.74, 6) is 0.922. The van der Waals surface area contributed by atoms with E-state index in [1.165, 1.54) is 0 Å². The molecule has 2 saturated heterocycles. The van der Waals surface area contributed by atoms with Crippen molar-refractivity contribution in [3.05, 3.63) is 24.0 Å². The molecule has 0 aromatic carbocycles. The van der Waals surface area contributed by atoms with E-state index in [2.05, 4.69) is 4.98 Å². The minimum Gasteiger partial charge on any atom is -0.489 e. The summed E-state index contributed by atoms with van der Waals surface area (Å²) in [5.41, 5.74) is 0.833. The topological polar surface area (TPSA) is 51.6 Å². The number of pyridine rings is 1. The lowest BCUT2D eigenvalue weighted by molar-refractivity contribution is 0.0419. The fourth-order valence-corrected chi connectivity index (χ4v) is 3.19. The van der Waals surface area contributed by atoms with Crippen molar-refractivity contribution < 1.29 is 14.6 Å². The Morgan fingerprint density at radius 2 is 2.21 bits per heavy atom. The summed E-state index contributed by atoms with van der Waals surface area (Å²) in [4.78, 5) is 4.17. The third-order valence-corrected chi connectivity index (χ3v) is 4.01. The minimum absolute atomic E-state index is 0.111. The van der Waals surface area contributed by atoms with Crippen LogP contribution in [0.25, 0.3) is 0 Å². The molecule has 4 atom stereocenters. The number of rotatable bonds is 4. The first kappa shape index (κ1) is 12.9. The lowest BCUT2D eigenvalue weighted by Crippen LogP contribution is -2.23. The number of fused-ring (bicyclic) bond motifs is 2. The van der Waals surface area contributed by atoms with Crippen LogP contribution in [0.3, 0.4) is 0 Å². The molecule has 4 unspecified atom stereocenters. The predicted octanol–water partition coefficient (Wildman–Crippen LogP) is 2.47. The van der Waals surface area contributed by atoms with Gasteiger partial charge in [-0.3, -0.25) is 4.98 Å². The summed E-state index contributed by atoms with van der Waals surface area (Å²) in [5, 5.41) is 10.5. The van der Waals surface area contributed by atoms with Gasteiger partial charge in [-0.25, -0.2) is 0 Å². The van der Waals surface area contributed by atoms with Crippen LogP contribution in [-0.4, -0.2) is 28.4 Å². The molecule has 1 N–H and O–H groups in total. The molecule has 0 amide bonds. The Balaban J connectivity index is 1.74. The second-order valence-corrected chi connectivity index (χ2v) is 5.84. The van der Waals surface area contributed by atoms with Gasteiger partial charge in [-0.15, -0.1) is 0 Å². The molecule has 0 spiro atoms. The summed E-state index contributed by atoms with van der Waals surface area (Å²) >= 11 is 0. The molecule has 4 nitrogen and oxygen atoms in total. The van der Waals surface area contributed by atoms with Gasteiger partial charge in [0.1, 0.15) is 5.75 Å². The van der Waals surface area contributed by atoms with E-state index in [1.54, 1.807) is 12.4 Å². The fourth-order valence-electron chi connectivity index (χ4n) is 3.19. The minimum atomic E-state index is -0.501. The first-order chi connectivity index (χ1) is 9.13. The van der Waals surface area contributed by atoms with Crippen LogP contribution >= 0.6 is 0 Å². The highest BCUT2D eigenvalue weighted by molar-refractivity contribution is 5.26. The number of aliphatic hydroxyl groups excluding tert-OH is 1. The summed E-state index contributed by atoms with van der Waals surface area (Å²) in [7, 11) is 0. The highest BCUT2D eigenvalue weighted by Crippen LogP contribution is 2.44. The maximum Gasteiger partial charge on any atom is 0.138 e. The van der Waals surface area contributed by atoms with Crippen molar-refractivity contribution >= 4 is 0 Å². The summed E-state index contributed by atoms with van der Waals surface area (Å²) in [6.45, 7) is 3.96. The SMILES string of the molecule is CC(C)Oc1cncc(C(O)C2CC3CCC2O3)c1. The first-order valence-corrected chi connectivity index (χ1v) is 7.08. The maximum absolute atomic E-state index is 10.5. The molecule has 104 valence electrons. The molecule has 3 rings (SSSR count). The zero-order chi connectivity index (χ0) is 13.4. The van der Waals surface area contributed by atoms with Gasteiger partial charge >= 0.3 is 0 Å². The van der Waals surface area contributed by atoms with Crippen LogP contribution in [0.2, 0.25) is 0 Å². The molecular formula is C15H21NO3. The van der Waals surface area contributed by atoms with Gasteiger partial charge in [0.05, 0.1) is 30.6 Å². The Morgan fingerprint density at radius 3 is 2.84 bits per heavy atom. The molecule has 1 aromatic rings. The van der Waals surface area contributed by atoms with Crippen LogP contribution in [-0.2, 0) is 4.74 Å². The van der Waals surface area contributed by atoms with Crippen LogP contribution in [0.1, 0.15) is 44.8 Å². The van der Waals surface area contributed by atoms with Gasteiger partial charge in [-0.1, -0.05) is 0 Å². The monoisotopic (exact) mass is 263 g/mol. The fraction of sp³-hybridized carbons (Fsp3) is 0.667. The van der Waals surface area contributed by atoms with E-state index in [9.17, 15) is 5.11 Å². The van der Waals surface area contributed by atoms with Crippen LogP contribution < -0.4 is 4.74 Å². The van der Waals surface area contributed by atoms with Crippen molar-refractivity contribution in [1.29, 1.82) is 0 Å². The van der Waals surface area contributed by atoms with Gasteiger partial charge in [0, 0.05) is 17.7 Å². The normalized spacial score (nSPS) is 30.8. The lowest BCUT2D eigenvalue weighted by atomic mass is 9.83. The Kier molecular flexibility index (Phi) is 3.46. The van der Waals surface area contributed by atoms with E-state index in [0.717, 1.165) is 30.6 Å². The smallest absolute Gasteiger partial charge is 0.138 e. The molecule has 2 aliphatic heterocycles. The Bertz CT molecular complexity index is 449. The molecule has 3 heterocycles. The summed E-state index contributed by atoms with van der Waals surface area (Å²) < 4.78 is 11.4. The number of nitrogens with zero attached hydrogens (tertiary/aromatic N) is 1. The van der Waals surface area contributed by atoms with Crippen LogP contribution in [0.15, 0.2) is 18.5 Å². The van der Waals surface area contributed by atoms with E-state index in [1.807, 2.05) is 19.9 Å². The van der Waals surface area contributed by atoms with Gasteiger partial charge in [-0.05, 0) is 39.2 Å². The molecule has 19 heavy (non-hydrogen) atoms. The van der Waals surface area contributed by atoms with E-state index < -0.39 is 6.10 Å². The van der Waals surface area contributed by atoms with Gasteiger partial charge in [0.25, 0.3) is 0 Å². The molecule has 1 aromatic heterocycles. The van der Waals surface area contributed by atoms with Gasteiger partial charge in [0.2, 0.25) is 0 Å². The molecule has 2 fully saturated rings. The van der Waals surface area contributed by atoms with Crippen molar-refractivity contribution in [3.63, 3.8) is 0 Å². The lowest BCUT2D eigenvalue weighted by Gasteiger charge is -2.24. The zero-order valence-electron chi connectivity index (χ0n) is 11.5. The van der Waals surface area contributed by atoms with Crippen molar-refractivity contribution in [1.82, 2.24) is 4.98 Å².